The minimum Gasteiger partial charge on any atom is -0.328 e. The molecule has 2 unspecified atom stereocenters. The molecule has 1 aromatic rings. The Morgan fingerprint density at radius 2 is 1.76 bits per heavy atom. The third-order valence-corrected chi connectivity index (χ3v) is 5.44. The van der Waals surface area contributed by atoms with Crippen LogP contribution in [0.5, 0.6) is 0 Å². The van der Waals surface area contributed by atoms with E-state index in [1.807, 2.05) is 12.1 Å². The van der Waals surface area contributed by atoms with E-state index >= 15 is 0 Å². The molecule has 0 aromatic heterocycles. The van der Waals surface area contributed by atoms with Crippen LogP contribution in [0, 0.1) is 0 Å². The molecule has 0 amide bonds. The lowest BCUT2D eigenvalue weighted by molar-refractivity contribution is 0.146. The van der Waals surface area contributed by atoms with Gasteiger partial charge < -0.3 is 5.73 Å². The lowest BCUT2D eigenvalue weighted by Gasteiger charge is -2.35. The van der Waals surface area contributed by atoms with E-state index in [0.29, 0.717) is 18.1 Å². The van der Waals surface area contributed by atoms with Crippen molar-refractivity contribution in [2.75, 3.05) is 26.2 Å². The van der Waals surface area contributed by atoms with E-state index in [1.54, 1.807) is 0 Å². The van der Waals surface area contributed by atoms with Crippen LogP contribution in [0.3, 0.4) is 0 Å². The van der Waals surface area contributed by atoms with Gasteiger partial charge in [0, 0.05) is 36.2 Å². The first-order valence-corrected chi connectivity index (χ1v) is 8.50. The van der Waals surface area contributed by atoms with Gasteiger partial charge in [-0.25, -0.2) is 0 Å². The fourth-order valence-corrected chi connectivity index (χ4v) is 3.78. The van der Waals surface area contributed by atoms with Gasteiger partial charge in [0.05, 0.1) is 0 Å². The zero-order chi connectivity index (χ0) is 14.8. The molecule has 21 heavy (non-hydrogen) atoms. The second-order valence-corrected chi connectivity index (χ2v) is 6.97. The number of halogens is 1. The number of hydrogen-bond donors (Lipinski definition) is 1. The number of nitrogens with two attached hydrogens (primary N) is 1. The lowest BCUT2D eigenvalue weighted by Crippen LogP contribution is -2.46. The van der Waals surface area contributed by atoms with Crippen LogP contribution >= 0.6 is 11.6 Å². The third-order valence-electron chi connectivity index (χ3n) is 5.19. The van der Waals surface area contributed by atoms with E-state index in [9.17, 15) is 0 Å². The molecule has 0 radical (unpaired) electrons. The predicted octanol–water partition coefficient (Wildman–Crippen LogP) is 2.90. The molecule has 0 saturated carbocycles. The molecule has 116 valence electrons. The Bertz CT molecular complexity index is 454. The number of hydrogen-bond acceptors (Lipinski definition) is 3. The molecule has 3 rings (SSSR count). The summed E-state index contributed by atoms with van der Waals surface area (Å²) < 4.78 is 0. The predicted molar refractivity (Wildman–Crippen MR) is 88.6 cm³/mol. The van der Waals surface area contributed by atoms with Crippen molar-refractivity contribution in [3.8, 4) is 0 Å². The van der Waals surface area contributed by atoms with E-state index in [0.717, 1.165) is 17.9 Å². The van der Waals surface area contributed by atoms with Crippen molar-refractivity contribution in [1.82, 2.24) is 9.80 Å². The Labute approximate surface area is 133 Å². The zero-order valence-electron chi connectivity index (χ0n) is 12.8. The van der Waals surface area contributed by atoms with Gasteiger partial charge in [-0.1, -0.05) is 23.7 Å². The van der Waals surface area contributed by atoms with Crippen LogP contribution in [-0.2, 0) is 0 Å². The Hall–Kier alpha value is -0.610. The Morgan fingerprint density at radius 1 is 1.10 bits per heavy atom. The highest BCUT2D eigenvalue weighted by Crippen LogP contribution is 2.28. The first-order valence-electron chi connectivity index (χ1n) is 8.12. The fourth-order valence-electron chi connectivity index (χ4n) is 3.65. The van der Waals surface area contributed by atoms with Crippen LogP contribution in [0.1, 0.15) is 37.8 Å². The molecule has 2 heterocycles. The number of nitrogens with zero attached hydrogens (tertiary/aromatic N) is 2. The average Bonchev–Trinajstić information content (AvgIpc) is 2.98. The van der Waals surface area contributed by atoms with Crippen LogP contribution in [0.15, 0.2) is 24.3 Å². The summed E-state index contributed by atoms with van der Waals surface area (Å²) in [5.74, 6) is 0. The first-order chi connectivity index (χ1) is 10.1. The first kappa shape index (κ1) is 15.3. The zero-order valence-corrected chi connectivity index (χ0v) is 13.6. The van der Waals surface area contributed by atoms with Crippen molar-refractivity contribution < 1.29 is 0 Å². The van der Waals surface area contributed by atoms with Crippen molar-refractivity contribution in [3.63, 3.8) is 0 Å². The summed E-state index contributed by atoms with van der Waals surface area (Å²) in [5.41, 5.74) is 7.37. The van der Waals surface area contributed by atoms with E-state index in [1.165, 1.54) is 38.2 Å². The lowest BCUT2D eigenvalue weighted by atomic mass is 10.0. The van der Waals surface area contributed by atoms with Crippen molar-refractivity contribution in [1.29, 1.82) is 0 Å². The Balaban J connectivity index is 1.57. The Kier molecular flexibility index (Phi) is 4.85. The van der Waals surface area contributed by atoms with Gasteiger partial charge in [-0.3, -0.25) is 9.80 Å². The summed E-state index contributed by atoms with van der Waals surface area (Å²) in [6.45, 7) is 7.03. The molecule has 2 fully saturated rings. The van der Waals surface area contributed by atoms with Crippen molar-refractivity contribution in [3.05, 3.63) is 34.9 Å². The highest BCUT2D eigenvalue weighted by Gasteiger charge is 2.31. The molecule has 2 atom stereocenters. The summed E-state index contributed by atoms with van der Waals surface area (Å²) in [5, 5.41) is 0.815. The highest BCUT2D eigenvalue weighted by atomic mass is 35.5. The van der Waals surface area contributed by atoms with Gasteiger partial charge in [0.25, 0.3) is 0 Å². The number of likely N-dealkylation sites (tertiary alicyclic amines) is 2. The van der Waals surface area contributed by atoms with E-state index in [4.69, 9.17) is 17.3 Å². The fraction of sp³-hybridized carbons (Fsp3) is 0.647. The smallest absolute Gasteiger partial charge is 0.0406 e. The van der Waals surface area contributed by atoms with Crippen molar-refractivity contribution in [2.45, 2.75) is 44.3 Å². The van der Waals surface area contributed by atoms with Crippen molar-refractivity contribution >= 4 is 11.6 Å². The monoisotopic (exact) mass is 307 g/mol. The quantitative estimate of drug-likeness (QED) is 0.932. The van der Waals surface area contributed by atoms with Crippen molar-refractivity contribution in [2.24, 2.45) is 5.73 Å². The minimum absolute atomic E-state index is 0.423. The topological polar surface area (TPSA) is 32.5 Å². The van der Waals surface area contributed by atoms with Gasteiger partial charge >= 0.3 is 0 Å². The second kappa shape index (κ2) is 6.66. The largest absolute Gasteiger partial charge is 0.328 e. The van der Waals surface area contributed by atoms with E-state index in [2.05, 4.69) is 28.9 Å². The maximum atomic E-state index is 6.01. The van der Waals surface area contributed by atoms with E-state index in [-0.39, 0.29) is 0 Å². The SMILES string of the molecule is CC(c1ccc(Cl)cc1)N1CCC(N2CCC(N)CC2)C1. The second-order valence-electron chi connectivity index (χ2n) is 6.54. The van der Waals surface area contributed by atoms with E-state index < -0.39 is 0 Å². The van der Waals surface area contributed by atoms with Gasteiger partial charge in [-0.15, -0.1) is 0 Å². The summed E-state index contributed by atoms with van der Waals surface area (Å²) >= 11 is 5.98. The van der Waals surface area contributed by atoms with Gasteiger partial charge in [-0.05, 0) is 57.0 Å². The molecule has 2 saturated heterocycles. The molecular weight excluding hydrogens is 282 g/mol. The molecule has 4 heteroatoms. The number of piperidine rings is 1. The Morgan fingerprint density at radius 3 is 2.43 bits per heavy atom. The summed E-state index contributed by atoms with van der Waals surface area (Å²) in [7, 11) is 0. The van der Waals surface area contributed by atoms with Gasteiger partial charge in [0.1, 0.15) is 0 Å². The highest BCUT2D eigenvalue weighted by molar-refractivity contribution is 6.30. The van der Waals surface area contributed by atoms with Crippen LogP contribution in [-0.4, -0.2) is 48.1 Å². The molecule has 0 bridgehead atoms. The molecule has 0 aliphatic carbocycles. The van der Waals surface area contributed by atoms with Crippen LogP contribution < -0.4 is 5.73 Å². The average molecular weight is 308 g/mol. The minimum atomic E-state index is 0.423. The van der Waals surface area contributed by atoms with Crippen LogP contribution in [0.2, 0.25) is 5.02 Å². The maximum Gasteiger partial charge on any atom is 0.0406 e. The standard InChI is InChI=1S/C17H26ClN3/c1-13(14-2-4-15(18)5-3-14)21-11-8-17(12-21)20-9-6-16(19)7-10-20/h2-5,13,16-17H,6-12,19H2,1H3. The molecule has 1 aromatic carbocycles. The van der Waals surface area contributed by atoms with Crippen LogP contribution in [0.4, 0.5) is 0 Å². The molecular formula is C17H26ClN3. The maximum absolute atomic E-state index is 6.01. The van der Waals surface area contributed by atoms with Gasteiger partial charge in [0.2, 0.25) is 0 Å². The summed E-state index contributed by atoms with van der Waals surface area (Å²) in [6, 6.07) is 9.90. The molecule has 2 N–H and O–H groups in total. The summed E-state index contributed by atoms with van der Waals surface area (Å²) in [6.07, 6.45) is 3.60. The number of rotatable bonds is 3. The summed E-state index contributed by atoms with van der Waals surface area (Å²) in [4.78, 5) is 5.25. The molecule has 0 spiro atoms. The normalized spacial score (nSPS) is 27.1. The van der Waals surface area contributed by atoms with Crippen LogP contribution in [0.25, 0.3) is 0 Å². The van der Waals surface area contributed by atoms with Gasteiger partial charge in [0.15, 0.2) is 0 Å². The molecule has 2 aliphatic heterocycles. The molecule has 3 nitrogen and oxygen atoms in total. The third kappa shape index (κ3) is 3.59. The molecule has 2 aliphatic rings. The number of benzene rings is 1. The van der Waals surface area contributed by atoms with Gasteiger partial charge in [-0.2, -0.15) is 0 Å².